The van der Waals surface area contributed by atoms with E-state index in [0.29, 0.717) is 21.7 Å². The molecule has 0 fully saturated rings. The van der Waals surface area contributed by atoms with Crippen LogP contribution >= 0.6 is 34.7 Å². The fourth-order valence-corrected chi connectivity index (χ4v) is 4.03. The maximum Gasteiger partial charge on any atom is 0.236 e. The van der Waals surface area contributed by atoms with Crippen molar-refractivity contribution in [2.45, 2.75) is 5.75 Å². The van der Waals surface area contributed by atoms with Crippen molar-refractivity contribution in [2.75, 3.05) is 18.2 Å². The zero-order chi connectivity index (χ0) is 18.4. The van der Waals surface area contributed by atoms with Crippen molar-refractivity contribution in [1.82, 2.24) is 10.2 Å². The summed E-state index contributed by atoms with van der Waals surface area (Å²) in [5.41, 5.74) is 1.95. The smallest absolute Gasteiger partial charge is 0.236 e. The third kappa shape index (κ3) is 4.97. The van der Waals surface area contributed by atoms with Gasteiger partial charge in [0.1, 0.15) is 10.8 Å². The number of halogens is 1. The molecule has 0 aliphatic carbocycles. The molecular weight excluding hydrogens is 390 g/mol. The number of rotatable bonds is 7. The van der Waals surface area contributed by atoms with Crippen LogP contribution in [0.1, 0.15) is 5.56 Å². The number of anilines is 1. The van der Waals surface area contributed by atoms with Crippen molar-refractivity contribution in [3.63, 3.8) is 0 Å². The van der Waals surface area contributed by atoms with E-state index in [1.54, 1.807) is 7.11 Å². The fourth-order valence-electron chi connectivity index (χ4n) is 2.15. The molecule has 1 amide bonds. The van der Waals surface area contributed by atoms with Crippen molar-refractivity contribution in [1.29, 1.82) is 0 Å². The molecule has 0 saturated carbocycles. The van der Waals surface area contributed by atoms with Crippen molar-refractivity contribution in [3.8, 4) is 16.3 Å². The van der Waals surface area contributed by atoms with E-state index in [9.17, 15) is 4.79 Å². The van der Waals surface area contributed by atoms with Crippen molar-refractivity contribution in [2.24, 2.45) is 0 Å². The molecule has 8 heteroatoms. The molecule has 0 spiro atoms. The summed E-state index contributed by atoms with van der Waals surface area (Å²) in [6.45, 7) is 0. The van der Waals surface area contributed by atoms with Gasteiger partial charge in [-0.25, -0.2) is 0 Å². The summed E-state index contributed by atoms with van der Waals surface area (Å²) >= 11 is 8.95. The average Bonchev–Trinajstić information content (AvgIpc) is 3.12. The number of methoxy groups -OCH3 is 1. The van der Waals surface area contributed by atoms with Crippen LogP contribution in [0, 0.1) is 0 Å². The molecule has 1 heterocycles. The molecule has 0 aliphatic heterocycles. The van der Waals surface area contributed by atoms with Crippen molar-refractivity contribution in [3.05, 3.63) is 59.1 Å². The number of carbonyl (C=O) groups is 1. The minimum atomic E-state index is -0.112. The van der Waals surface area contributed by atoms with Crippen LogP contribution in [0.15, 0.2) is 48.5 Å². The van der Waals surface area contributed by atoms with Crippen LogP contribution in [-0.4, -0.2) is 29.0 Å². The van der Waals surface area contributed by atoms with Gasteiger partial charge in [0.15, 0.2) is 0 Å². The number of benzene rings is 2. The van der Waals surface area contributed by atoms with Gasteiger partial charge in [0.25, 0.3) is 0 Å². The van der Waals surface area contributed by atoms with Crippen LogP contribution in [0.25, 0.3) is 10.6 Å². The van der Waals surface area contributed by atoms with E-state index in [1.807, 2.05) is 48.5 Å². The normalized spacial score (nSPS) is 10.5. The summed E-state index contributed by atoms with van der Waals surface area (Å²) < 4.78 is 5.14. The zero-order valence-electron chi connectivity index (χ0n) is 13.9. The highest BCUT2D eigenvalue weighted by molar-refractivity contribution is 7.99. The maximum atomic E-state index is 12.1. The number of nitrogens with one attached hydrogen (secondary N) is 1. The lowest BCUT2D eigenvalue weighted by Gasteiger charge is -2.04. The van der Waals surface area contributed by atoms with E-state index in [-0.39, 0.29) is 5.91 Å². The van der Waals surface area contributed by atoms with E-state index >= 15 is 0 Å². The standard InChI is InChI=1S/C18H16ClN3O2S2/c1-24-14-8-6-12(7-9-14)17-21-22-18(26-17)20-16(23)11-25-10-13-4-2-3-5-15(13)19/h2-9H,10-11H2,1H3,(H,20,22,23). The summed E-state index contributed by atoms with van der Waals surface area (Å²) in [6.07, 6.45) is 0. The van der Waals surface area contributed by atoms with Gasteiger partial charge in [0.2, 0.25) is 11.0 Å². The molecule has 1 N–H and O–H groups in total. The van der Waals surface area contributed by atoms with Crippen LogP contribution in [0.5, 0.6) is 5.75 Å². The van der Waals surface area contributed by atoms with Crippen molar-refractivity contribution >= 4 is 45.7 Å². The molecular formula is C18H16ClN3O2S2. The first-order valence-corrected chi connectivity index (χ1v) is 10.1. The van der Waals surface area contributed by atoms with Gasteiger partial charge in [-0.05, 0) is 35.9 Å². The Morgan fingerprint density at radius 2 is 1.96 bits per heavy atom. The highest BCUT2D eigenvalue weighted by atomic mass is 35.5. The summed E-state index contributed by atoms with van der Waals surface area (Å²) in [7, 11) is 1.62. The van der Waals surface area contributed by atoms with E-state index in [1.165, 1.54) is 23.1 Å². The van der Waals surface area contributed by atoms with Gasteiger partial charge >= 0.3 is 0 Å². The van der Waals surface area contributed by atoms with E-state index in [4.69, 9.17) is 16.3 Å². The Morgan fingerprint density at radius 3 is 2.69 bits per heavy atom. The number of thioether (sulfide) groups is 1. The van der Waals surface area contributed by atoms with Crippen molar-refractivity contribution < 1.29 is 9.53 Å². The molecule has 26 heavy (non-hydrogen) atoms. The molecule has 1 aromatic heterocycles. The molecule has 0 saturated heterocycles. The molecule has 0 aliphatic rings. The van der Waals surface area contributed by atoms with Gasteiger partial charge in [-0.1, -0.05) is 41.1 Å². The van der Waals surface area contributed by atoms with Gasteiger partial charge in [-0.3, -0.25) is 10.1 Å². The third-order valence-corrected chi connectivity index (χ3v) is 5.69. The summed E-state index contributed by atoms with van der Waals surface area (Å²) in [6, 6.07) is 15.2. The minimum Gasteiger partial charge on any atom is -0.497 e. The summed E-state index contributed by atoms with van der Waals surface area (Å²) in [4.78, 5) is 12.1. The Bertz CT molecular complexity index is 884. The number of ether oxygens (including phenoxy) is 1. The quantitative estimate of drug-likeness (QED) is 0.615. The van der Waals surface area contributed by atoms with E-state index in [2.05, 4.69) is 15.5 Å². The molecule has 5 nitrogen and oxygen atoms in total. The Labute approximate surface area is 164 Å². The lowest BCUT2D eigenvalue weighted by atomic mass is 10.2. The van der Waals surface area contributed by atoms with Gasteiger partial charge in [-0.2, -0.15) is 0 Å². The van der Waals surface area contributed by atoms with Gasteiger partial charge in [0.05, 0.1) is 12.9 Å². The van der Waals surface area contributed by atoms with Crippen LogP contribution in [-0.2, 0) is 10.5 Å². The first kappa shape index (κ1) is 18.7. The number of aromatic nitrogens is 2. The van der Waals surface area contributed by atoms with E-state index in [0.717, 1.165) is 21.9 Å². The SMILES string of the molecule is COc1ccc(-c2nnc(NC(=O)CSCc3ccccc3Cl)s2)cc1. The highest BCUT2D eigenvalue weighted by Gasteiger charge is 2.10. The Balaban J connectivity index is 1.51. The number of carbonyl (C=O) groups excluding carboxylic acids is 1. The molecule has 3 aromatic rings. The van der Waals surface area contributed by atoms with Crippen LogP contribution < -0.4 is 10.1 Å². The molecule has 134 valence electrons. The maximum absolute atomic E-state index is 12.1. The molecule has 0 radical (unpaired) electrons. The average molecular weight is 406 g/mol. The lowest BCUT2D eigenvalue weighted by molar-refractivity contribution is -0.113. The number of amides is 1. The molecule has 2 aromatic carbocycles. The minimum absolute atomic E-state index is 0.112. The zero-order valence-corrected chi connectivity index (χ0v) is 16.3. The fraction of sp³-hybridized carbons (Fsp3) is 0.167. The van der Waals surface area contributed by atoms with Crippen LogP contribution in [0.2, 0.25) is 5.02 Å². The summed E-state index contributed by atoms with van der Waals surface area (Å²) in [5.74, 6) is 1.67. The van der Waals surface area contributed by atoms with Gasteiger partial charge in [-0.15, -0.1) is 22.0 Å². The van der Waals surface area contributed by atoms with Gasteiger partial charge in [0, 0.05) is 16.3 Å². The molecule has 0 bridgehead atoms. The third-order valence-electron chi connectivity index (χ3n) is 3.46. The van der Waals surface area contributed by atoms with Crippen LogP contribution in [0.3, 0.4) is 0 Å². The lowest BCUT2D eigenvalue weighted by Crippen LogP contribution is -2.14. The number of hydrogen-bond donors (Lipinski definition) is 1. The number of nitrogens with zero attached hydrogens (tertiary/aromatic N) is 2. The topological polar surface area (TPSA) is 64.1 Å². The summed E-state index contributed by atoms with van der Waals surface area (Å²) in [5, 5.41) is 12.9. The second kappa shape index (κ2) is 9.02. The predicted octanol–water partition coefficient (Wildman–Crippen LogP) is 4.74. The van der Waals surface area contributed by atoms with E-state index < -0.39 is 0 Å². The highest BCUT2D eigenvalue weighted by Crippen LogP contribution is 2.28. The second-order valence-corrected chi connectivity index (χ2v) is 7.64. The second-order valence-electron chi connectivity index (χ2n) is 5.27. The Kier molecular flexibility index (Phi) is 6.49. The van der Waals surface area contributed by atoms with Crippen LogP contribution in [0.4, 0.5) is 5.13 Å². The first-order chi connectivity index (χ1) is 12.7. The molecule has 0 atom stereocenters. The molecule has 3 rings (SSSR count). The largest absolute Gasteiger partial charge is 0.497 e. The first-order valence-electron chi connectivity index (χ1n) is 7.74. The molecule has 0 unspecified atom stereocenters. The Hall–Kier alpha value is -2.09. The predicted molar refractivity (Wildman–Crippen MR) is 108 cm³/mol. The number of hydrogen-bond acceptors (Lipinski definition) is 6. The monoisotopic (exact) mass is 405 g/mol. The Morgan fingerprint density at radius 1 is 1.19 bits per heavy atom. The van der Waals surface area contributed by atoms with Gasteiger partial charge < -0.3 is 4.74 Å².